The number of carbonyl (C=O) groups is 1. The van der Waals surface area contributed by atoms with Crippen molar-refractivity contribution in [2.75, 3.05) is 25.2 Å². The molecular formula is C18H21ClN2O5S. The minimum atomic E-state index is -3.43. The fourth-order valence-electron chi connectivity index (χ4n) is 2.46. The van der Waals surface area contributed by atoms with E-state index in [1.165, 1.54) is 25.3 Å². The number of amides is 1. The maximum atomic E-state index is 12.5. The molecule has 0 unspecified atom stereocenters. The molecule has 0 fully saturated rings. The molecule has 0 bridgehead atoms. The number of hydrogen-bond acceptors (Lipinski definition) is 5. The minimum Gasteiger partial charge on any atom is -0.493 e. The van der Waals surface area contributed by atoms with Crippen LogP contribution in [-0.2, 0) is 10.0 Å². The minimum absolute atomic E-state index is 0.140. The zero-order chi connectivity index (χ0) is 20.2. The second kappa shape index (κ2) is 8.49. The molecule has 0 radical (unpaired) electrons. The Balaban J connectivity index is 2.17. The smallest absolute Gasteiger partial charge is 0.253 e. The average Bonchev–Trinajstić information content (AvgIpc) is 2.59. The second-order valence-electron chi connectivity index (χ2n) is 5.88. The van der Waals surface area contributed by atoms with Crippen molar-refractivity contribution < 1.29 is 22.7 Å². The highest BCUT2D eigenvalue weighted by Crippen LogP contribution is 2.30. The highest BCUT2D eigenvalue weighted by Gasteiger charge is 2.17. The molecule has 0 saturated carbocycles. The zero-order valence-electron chi connectivity index (χ0n) is 15.4. The van der Waals surface area contributed by atoms with Crippen molar-refractivity contribution in [2.45, 2.75) is 13.0 Å². The Morgan fingerprint density at radius 3 is 2.30 bits per heavy atom. The van der Waals surface area contributed by atoms with Crippen molar-refractivity contribution in [1.82, 2.24) is 5.32 Å². The van der Waals surface area contributed by atoms with E-state index in [1.54, 1.807) is 19.2 Å². The number of rotatable bonds is 7. The monoisotopic (exact) mass is 412 g/mol. The molecule has 0 aliphatic carbocycles. The summed E-state index contributed by atoms with van der Waals surface area (Å²) in [5.41, 5.74) is 1.35. The molecule has 2 aromatic rings. The molecule has 0 spiro atoms. The predicted molar refractivity (Wildman–Crippen MR) is 105 cm³/mol. The molecule has 0 aromatic heterocycles. The molecule has 9 heteroatoms. The van der Waals surface area contributed by atoms with Gasteiger partial charge in [0.05, 0.1) is 37.1 Å². The van der Waals surface area contributed by atoms with E-state index in [0.717, 1.165) is 11.8 Å². The number of hydrogen-bond donors (Lipinski definition) is 2. The van der Waals surface area contributed by atoms with Gasteiger partial charge in [0.1, 0.15) is 0 Å². The number of anilines is 1. The van der Waals surface area contributed by atoms with E-state index in [0.29, 0.717) is 11.5 Å². The third-order valence-corrected chi connectivity index (χ3v) is 4.69. The lowest BCUT2D eigenvalue weighted by Crippen LogP contribution is -2.27. The van der Waals surface area contributed by atoms with Gasteiger partial charge in [-0.3, -0.25) is 9.52 Å². The number of halogens is 1. The van der Waals surface area contributed by atoms with Gasteiger partial charge in [0.2, 0.25) is 10.0 Å². The van der Waals surface area contributed by atoms with Crippen LogP contribution in [0.15, 0.2) is 36.4 Å². The third-order valence-electron chi connectivity index (χ3n) is 3.77. The number of carbonyl (C=O) groups excluding carboxylic acids is 1. The molecule has 0 saturated heterocycles. The first kappa shape index (κ1) is 20.9. The summed E-state index contributed by atoms with van der Waals surface area (Å²) in [6, 6.07) is 9.38. The summed E-state index contributed by atoms with van der Waals surface area (Å²) in [6.45, 7) is 1.83. The van der Waals surface area contributed by atoms with Crippen LogP contribution in [0, 0.1) is 0 Å². The fraction of sp³-hybridized carbons (Fsp3) is 0.278. The standard InChI is InChI=1S/C18H21ClN2O5S/c1-11(12-5-8-16(25-2)17(9-12)26-3)20-18(22)14-7-6-13(10-15(14)19)21-27(4,23)24/h5-11,21H,1-4H3,(H,20,22)/t11-/m1/s1. The molecule has 1 amide bonds. The molecule has 2 rings (SSSR count). The topological polar surface area (TPSA) is 93.7 Å². The van der Waals surface area contributed by atoms with E-state index in [-0.39, 0.29) is 28.2 Å². The molecule has 27 heavy (non-hydrogen) atoms. The van der Waals surface area contributed by atoms with Crippen molar-refractivity contribution in [1.29, 1.82) is 0 Å². The van der Waals surface area contributed by atoms with Crippen LogP contribution >= 0.6 is 11.6 Å². The Bertz CT molecular complexity index is 947. The summed E-state index contributed by atoms with van der Waals surface area (Å²) in [5.74, 6) is 0.773. The Morgan fingerprint density at radius 1 is 1.07 bits per heavy atom. The first-order valence-electron chi connectivity index (χ1n) is 7.94. The summed E-state index contributed by atoms with van der Waals surface area (Å²) in [4.78, 5) is 12.5. The summed E-state index contributed by atoms with van der Waals surface area (Å²) in [7, 11) is -0.339. The SMILES string of the molecule is COc1ccc([C@@H](C)NC(=O)c2ccc(NS(C)(=O)=O)cc2Cl)cc1OC. The van der Waals surface area contributed by atoms with E-state index in [2.05, 4.69) is 10.0 Å². The van der Waals surface area contributed by atoms with Crippen molar-refractivity contribution in [3.05, 3.63) is 52.5 Å². The molecule has 7 nitrogen and oxygen atoms in total. The largest absolute Gasteiger partial charge is 0.493 e. The maximum absolute atomic E-state index is 12.5. The zero-order valence-corrected chi connectivity index (χ0v) is 16.9. The number of methoxy groups -OCH3 is 2. The van der Waals surface area contributed by atoms with Gasteiger partial charge in [-0.2, -0.15) is 0 Å². The van der Waals surface area contributed by atoms with Crippen molar-refractivity contribution in [3.8, 4) is 11.5 Å². The van der Waals surface area contributed by atoms with Crippen LogP contribution in [0.4, 0.5) is 5.69 Å². The van der Waals surface area contributed by atoms with Crippen LogP contribution in [0.25, 0.3) is 0 Å². The van der Waals surface area contributed by atoms with Crippen LogP contribution < -0.4 is 19.5 Å². The van der Waals surface area contributed by atoms with Gasteiger partial charge in [-0.15, -0.1) is 0 Å². The highest BCUT2D eigenvalue weighted by molar-refractivity contribution is 7.92. The van der Waals surface area contributed by atoms with Crippen molar-refractivity contribution in [2.24, 2.45) is 0 Å². The first-order chi connectivity index (χ1) is 12.6. The van der Waals surface area contributed by atoms with Gasteiger partial charge < -0.3 is 14.8 Å². The van der Waals surface area contributed by atoms with Gasteiger partial charge >= 0.3 is 0 Å². The summed E-state index contributed by atoms with van der Waals surface area (Å²) >= 11 is 6.14. The second-order valence-corrected chi connectivity index (χ2v) is 8.03. The normalized spacial score (nSPS) is 12.2. The lowest BCUT2D eigenvalue weighted by atomic mass is 10.1. The first-order valence-corrected chi connectivity index (χ1v) is 10.2. The fourth-order valence-corrected chi connectivity index (χ4v) is 3.28. The van der Waals surface area contributed by atoms with Crippen molar-refractivity contribution in [3.63, 3.8) is 0 Å². The summed E-state index contributed by atoms with van der Waals surface area (Å²) in [6.07, 6.45) is 1.03. The molecule has 0 aliphatic heterocycles. The molecule has 2 N–H and O–H groups in total. The lowest BCUT2D eigenvalue weighted by molar-refractivity contribution is 0.0940. The van der Waals surface area contributed by atoms with E-state index in [4.69, 9.17) is 21.1 Å². The Kier molecular flexibility index (Phi) is 6.56. The van der Waals surface area contributed by atoms with Crippen LogP contribution in [0.5, 0.6) is 11.5 Å². The number of sulfonamides is 1. The maximum Gasteiger partial charge on any atom is 0.253 e. The third kappa shape index (κ3) is 5.51. The predicted octanol–water partition coefficient (Wildman–Crippen LogP) is 3.22. The molecule has 0 heterocycles. The van der Waals surface area contributed by atoms with E-state index < -0.39 is 10.0 Å². The highest BCUT2D eigenvalue weighted by atomic mass is 35.5. The Labute approximate surface area is 163 Å². The van der Waals surface area contributed by atoms with Gasteiger partial charge in [0.15, 0.2) is 11.5 Å². The molecular weight excluding hydrogens is 392 g/mol. The van der Waals surface area contributed by atoms with Gasteiger partial charge in [-0.1, -0.05) is 17.7 Å². The van der Waals surface area contributed by atoms with Crippen LogP contribution in [0.1, 0.15) is 28.9 Å². The number of nitrogens with one attached hydrogen (secondary N) is 2. The quantitative estimate of drug-likeness (QED) is 0.728. The summed E-state index contributed by atoms with van der Waals surface area (Å²) < 4.78 is 35.3. The van der Waals surface area contributed by atoms with E-state index in [1.807, 2.05) is 13.0 Å². The van der Waals surface area contributed by atoms with Gasteiger partial charge in [0, 0.05) is 5.69 Å². The van der Waals surface area contributed by atoms with Crippen LogP contribution in [0.3, 0.4) is 0 Å². The van der Waals surface area contributed by atoms with Crippen LogP contribution in [0.2, 0.25) is 5.02 Å². The van der Waals surface area contributed by atoms with Gasteiger partial charge in [-0.05, 0) is 42.8 Å². The number of benzene rings is 2. The lowest BCUT2D eigenvalue weighted by Gasteiger charge is -2.17. The number of ether oxygens (including phenoxy) is 2. The summed E-state index contributed by atoms with van der Waals surface area (Å²) in [5, 5.41) is 2.99. The molecule has 1 atom stereocenters. The Hall–Kier alpha value is -2.45. The van der Waals surface area contributed by atoms with Gasteiger partial charge in [-0.25, -0.2) is 8.42 Å². The molecule has 146 valence electrons. The Morgan fingerprint density at radius 2 is 1.74 bits per heavy atom. The average molecular weight is 413 g/mol. The van der Waals surface area contributed by atoms with Crippen LogP contribution in [-0.4, -0.2) is 34.8 Å². The van der Waals surface area contributed by atoms with Crippen molar-refractivity contribution >= 4 is 33.2 Å². The molecule has 2 aromatic carbocycles. The molecule has 0 aliphatic rings. The van der Waals surface area contributed by atoms with Gasteiger partial charge in [0.25, 0.3) is 5.91 Å². The van der Waals surface area contributed by atoms with E-state index in [9.17, 15) is 13.2 Å². The van der Waals surface area contributed by atoms with E-state index >= 15 is 0 Å².